The van der Waals surface area contributed by atoms with Gasteiger partial charge in [0.05, 0.1) is 12.4 Å². The highest BCUT2D eigenvalue weighted by molar-refractivity contribution is 8.00. The summed E-state index contributed by atoms with van der Waals surface area (Å²) in [5.41, 5.74) is 1.50. The molecule has 3 rings (SSSR count). The van der Waals surface area contributed by atoms with E-state index in [9.17, 15) is 9.18 Å². The zero-order chi connectivity index (χ0) is 20.1. The highest BCUT2D eigenvalue weighted by Crippen LogP contribution is 2.28. The molecule has 1 heterocycles. The number of carbonyl (C=O) groups is 1. The van der Waals surface area contributed by atoms with Crippen LogP contribution < -0.4 is 4.74 Å². The number of ether oxygens (including phenoxy) is 1. The van der Waals surface area contributed by atoms with E-state index in [4.69, 9.17) is 9.15 Å². The molecule has 6 nitrogen and oxygen atoms in total. The van der Waals surface area contributed by atoms with Gasteiger partial charge in [0.1, 0.15) is 11.6 Å². The Hall–Kier alpha value is -2.87. The Bertz CT molecular complexity index is 946. The molecule has 0 fully saturated rings. The largest absolute Gasteiger partial charge is 0.497 e. The van der Waals surface area contributed by atoms with Crippen molar-refractivity contribution in [2.24, 2.45) is 0 Å². The van der Waals surface area contributed by atoms with Crippen LogP contribution in [-0.4, -0.2) is 40.4 Å². The number of carbonyl (C=O) groups excluding carboxylic acids is 1. The summed E-state index contributed by atoms with van der Waals surface area (Å²) in [6, 6.07) is 13.5. The number of thioether (sulfide) groups is 1. The minimum Gasteiger partial charge on any atom is -0.497 e. The molecule has 8 heteroatoms. The Morgan fingerprint density at radius 3 is 2.68 bits per heavy atom. The van der Waals surface area contributed by atoms with E-state index in [-0.39, 0.29) is 11.7 Å². The topological polar surface area (TPSA) is 68.5 Å². The zero-order valence-electron chi connectivity index (χ0n) is 15.8. The minimum atomic E-state index is -0.428. The highest BCUT2D eigenvalue weighted by Gasteiger charge is 2.22. The SMILES string of the molecule is COc1ccc(-c2nnc(S[C@H](C)C(=O)N(C)Cc3cccc(F)c3)o2)cc1. The second-order valence-electron chi connectivity index (χ2n) is 6.19. The number of hydrogen-bond donors (Lipinski definition) is 0. The third-order valence-corrected chi connectivity index (χ3v) is 4.98. The molecular weight excluding hydrogens is 381 g/mol. The van der Waals surface area contributed by atoms with E-state index in [1.807, 2.05) is 12.1 Å². The molecule has 1 aromatic heterocycles. The van der Waals surface area contributed by atoms with E-state index < -0.39 is 5.25 Å². The molecule has 0 unspecified atom stereocenters. The number of halogens is 1. The van der Waals surface area contributed by atoms with Gasteiger partial charge in [-0.2, -0.15) is 0 Å². The smallest absolute Gasteiger partial charge is 0.277 e. The Labute approximate surface area is 166 Å². The van der Waals surface area contributed by atoms with E-state index in [0.717, 1.165) is 16.9 Å². The van der Waals surface area contributed by atoms with Crippen LogP contribution in [0.15, 0.2) is 58.2 Å². The van der Waals surface area contributed by atoms with Crippen LogP contribution in [0.25, 0.3) is 11.5 Å². The summed E-state index contributed by atoms with van der Waals surface area (Å²) >= 11 is 1.19. The third kappa shape index (κ3) is 4.89. The quantitative estimate of drug-likeness (QED) is 0.557. The molecule has 1 amide bonds. The lowest BCUT2D eigenvalue weighted by Crippen LogP contribution is -2.32. The summed E-state index contributed by atoms with van der Waals surface area (Å²) in [5, 5.41) is 7.92. The van der Waals surface area contributed by atoms with Gasteiger partial charge in [0.15, 0.2) is 0 Å². The van der Waals surface area contributed by atoms with Gasteiger partial charge < -0.3 is 14.1 Å². The van der Waals surface area contributed by atoms with Crippen LogP contribution in [0.1, 0.15) is 12.5 Å². The molecule has 0 saturated carbocycles. The molecule has 2 aromatic carbocycles. The first-order chi connectivity index (χ1) is 13.5. The molecule has 0 spiro atoms. The van der Waals surface area contributed by atoms with Crippen molar-refractivity contribution in [3.63, 3.8) is 0 Å². The van der Waals surface area contributed by atoms with Crippen molar-refractivity contribution in [2.45, 2.75) is 23.9 Å². The van der Waals surface area contributed by atoms with Crippen molar-refractivity contribution >= 4 is 17.7 Å². The lowest BCUT2D eigenvalue weighted by Gasteiger charge is -2.20. The molecule has 28 heavy (non-hydrogen) atoms. The number of nitrogens with zero attached hydrogens (tertiary/aromatic N) is 3. The lowest BCUT2D eigenvalue weighted by atomic mass is 10.2. The van der Waals surface area contributed by atoms with Crippen LogP contribution in [0.3, 0.4) is 0 Å². The summed E-state index contributed by atoms with van der Waals surface area (Å²) in [4.78, 5) is 14.1. The first-order valence-corrected chi connectivity index (χ1v) is 9.48. The maximum atomic E-state index is 13.3. The normalized spacial score (nSPS) is 11.9. The van der Waals surface area contributed by atoms with Gasteiger partial charge in [-0.15, -0.1) is 10.2 Å². The molecule has 0 N–H and O–H groups in total. The summed E-state index contributed by atoms with van der Waals surface area (Å²) in [5.74, 6) is 0.674. The van der Waals surface area contributed by atoms with Gasteiger partial charge in [0, 0.05) is 19.2 Å². The van der Waals surface area contributed by atoms with Crippen LogP contribution >= 0.6 is 11.8 Å². The Morgan fingerprint density at radius 1 is 1.25 bits per heavy atom. The number of hydrogen-bond acceptors (Lipinski definition) is 6. The lowest BCUT2D eigenvalue weighted by molar-refractivity contribution is -0.129. The fourth-order valence-electron chi connectivity index (χ4n) is 2.61. The van der Waals surface area contributed by atoms with Gasteiger partial charge in [0.25, 0.3) is 5.22 Å². The average Bonchev–Trinajstić information content (AvgIpc) is 3.15. The molecule has 146 valence electrons. The van der Waals surface area contributed by atoms with Gasteiger partial charge in [-0.3, -0.25) is 4.79 Å². The van der Waals surface area contributed by atoms with Crippen molar-refractivity contribution in [1.29, 1.82) is 0 Å². The highest BCUT2D eigenvalue weighted by atomic mass is 32.2. The standard InChI is InChI=1S/C20H20FN3O3S/c1-13(19(25)24(2)12-14-5-4-6-16(21)11-14)28-20-23-22-18(27-20)15-7-9-17(26-3)10-8-15/h4-11,13H,12H2,1-3H3/t13-/m1/s1. The third-order valence-electron chi connectivity index (χ3n) is 4.05. The number of methoxy groups -OCH3 is 1. The predicted octanol–water partition coefficient (Wildman–Crippen LogP) is 4.02. The van der Waals surface area contributed by atoms with E-state index in [0.29, 0.717) is 17.7 Å². The van der Waals surface area contributed by atoms with Crippen LogP contribution in [0.2, 0.25) is 0 Å². The molecule has 0 saturated heterocycles. The number of benzene rings is 2. The van der Waals surface area contributed by atoms with Crippen molar-refractivity contribution in [3.05, 3.63) is 59.9 Å². The van der Waals surface area contributed by atoms with Crippen LogP contribution in [0.4, 0.5) is 4.39 Å². The Morgan fingerprint density at radius 2 is 2.00 bits per heavy atom. The van der Waals surface area contributed by atoms with Crippen molar-refractivity contribution < 1.29 is 18.3 Å². The van der Waals surface area contributed by atoms with Gasteiger partial charge in [-0.05, 0) is 48.9 Å². The summed E-state index contributed by atoms with van der Waals surface area (Å²) < 4.78 is 24.1. The second-order valence-corrected chi connectivity index (χ2v) is 7.48. The van der Waals surface area contributed by atoms with E-state index in [2.05, 4.69) is 10.2 Å². The van der Waals surface area contributed by atoms with Crippen molar-refractivity contribution in [1.82, 2.24) is 15.1 Å². The Kier molecular flexibility index (Phi) is 6.30. The minimum absolute atomic E-state index is 0.113. The maximum Gasteiger partial charge on any atom is 0.277 e. The molecule has 0 aliphatic carbocycles. The van der Waals surface area contributed by atoms with Crippen LogP contribution in [-0.2, 0) is 11.3 Å². The monoisotopic (exact) mass is 401 g/mol. The van der Waals surface area contributed by atoms with E-state index in [1.54, 1.807) is 50.2 Å². The van der Waals surface area contributed by atoms with Gasteiger partial charge >= 0.3 is 0 Å². The van der Waals surface area contributed by atoms with Crippen LogP contribution in [0.5, 0.6) is 5.75 Å². The zero-order valence-corrected chi connectivity index (χ0v) is 16.6. The molecule has 3 aromatic rings. The maximum absolute atomic E-state index is 13.3. The van der Waals surface area contributed by atoms with E-state index >= 15 is 0 Å². The fraction of sp³-hybridized carbons (Fsp3) is 0.250. The van der Waals surface area contributed by atoms with Crippen molar-refractivity contribution in [3.8, 4) is 17.2 Å². The second kappa shape index (κ2) is 8.88. The van der Waals surface area contributed by atoms with Gasteiger partial charge in [-0.1, -0.05) is 23.9 Å². The molecule has 0 aliphatic rings. The molecule has 0 radical (unpaired) electrons. The molecule has 1 atom stereocenters. The first kappa shape index (κ1) is 19.9. The predicted molar refractivity (Wildman–Crippen MR) is 104 cm³/mol. The molecule has 0 aliphatic heterocycles. The Balaban J connectivity index is 1.61. The molecular formula is C20H20FN3O3S. The summed E-state index contributed by atoms with van der Waals surface area (Å²) in [7, 11) is 3.28. The first-order valence-electron chi connectivity index (χ1n) is 8.60. The molecule has 0 bridgehead atoms. The van der Waals surface area contributed by atoms with Gasteiger partial charge in [-0.25, -0.2) is 4.39 Å². The van der Waals surface area contributed by atoms with Gasteiger partial charge in [0.2, 0.25) is 11.8 Å². The average molecular weight is 401 g/mol. The summed E-state index contributed by atoms with van der Waals surface area (Å²) in [6.07, 6.45) is 0. The number of rotatable bonds is 7. The fourth-order valence-corrected chi connectivity index (χ4v) is 3.40. The summed E-state index contributed by atoms with van der Waals surface area (Å²) in [6.45, 7) is 2.09. The van der Waals surface area contributed by atoms with E-state index in [1.165, 1.54) is 23.9 Å². The van der Waals surface area contributed by atoms with Crippen LogP contribution in [0, 0.1) is 5.82 Å². The van der Waals surface area contributed by atoms with Crippen molar-refractivity contribution in [2.75, 3.05) is 14.2 Å². The number of aromatic nitrogens is 2. The number of amides is 1.